The summed E-state index contributed by atoms with van der Waals surface area (Å²) in [5, 5.41) is 12.0. The zero-order valence-corrected chi connectivity index (χ0v) is 11.1. The van der Waals surface area contributed by atoms with Crippen LogP contribution in [0.3, 0.4) is 0 Å². The zero-order chi connectivity index (χ0) is 12.9. The first kappa shape index (κ1) is 14.1. The molecule has 1 heterocycles. The van der Waals surface area contributed by atoms with Gasteiger partial charge in [-0.05, 0) is 17.9 Å². The minimum absolute atomic E-state index is 0.116. The van der Waals surface area contributed by atoms with E-state index in [0.29, 0.717) is 12.8 Å². The van der Waals surface area contributed by atoms with Crippen LogP contribution in [0.25, 0.3) is 0 Å². The number of rotatable bonds is 7. The Bertz CT molecular complexity index is 453. The Kier molecular flexibility index (Phi) is 5.10. The highest BCUT2D eigenvalue weighted by molar-refractivity contribution is 7.89. The van der Waals surface area contributed by atoms with Crippen LogP contribution in [0.1, 0.15) is 26.2 Å². The maximum atomic E-state index is 11.8. The number of aliphatic carboxylic acids is 1. The first-order valence-electron chi connectivity index (χ1n) is 5.24. The summed E-state index contributed by atoms with van der Waals surface area (Å²) < 4.78 is 25.8. The van der Waals surface area contributed by atoms with Gasteiger partial charge in [-0.2, -0.15) is 16.1 Å². The SMILES string of the molecule is CCCC[C@H](NS(=O)(=O)c1ccsc1)C(=O)O. The summed E-state index contributed by atoms with van der Waals surface area (Å²) in [7, 11) is -3.71. The molecule has 5 nitrogen and oxygen atoms in total. The smallest absolute Gasteiger partial charge is 0.321 e. The maximum absolute atomic E-state index is 11.8. The van der Waals surface area contributed by atoms with Crippen molar-refractivity contribution in [3.8, 4) is 0 Å². The van der Waals surface area contributed by atoms with Crippen LogP contribution in [-0.2, 0) is 14.8 Å². The molecule has 0 saturated carbocycles. The number of unbranched alkanes of at least 4 members (excludes halogenated alkanes) is 1. The van der Waals surface area contributed by atoms with Crippen LogP contribution in [0.2, 0.25) is 0 Å². The van der Waals surface area contributed by atoms with Crippen molar-refractivity contribution in [2.24, 2.45) is 0 Å². The third kappa shape index (κ3) is 4.10. The third-order valence-corrected chi connectivity index (χ3v) is 4.55. The van der Waals surface area contributed by atoms with Crippen LogP contribution in [0.4, 0.5) is 0 Å². The minimum Gasteiger partial charge on any atom is -0.480 e. The molecule has 0 aliphatic rings. The highest BCUT2D eigenvalue weighted by Crippen LogP contribution is 2.14. The van der Waals surface area contributed by atoms with E-state index >= 15 is 0 Å². The van der Waals surface area contributed by atoms with Crippen LogP contribution >= 0.6 is 11.3 Å². The van der Waals surface area contributed by atoms with Gasteiger partial charge in [0.05, 0.1) is 4.90 Å². The number of nitrogens with one attached hydrogen (secondary N) is 1. The Morgan fingerprint density at radius 2 is 2.29 bits per heavy atom. The van der Waals surface area contributed by atoms with Gasteiger partial charge >= 0.3 is 5.97 Å². The van der Waals surface area contributed by atoms with Crippen LogP contribution in [0, 0.1) is 0 Å². The predicted octanol–water partition coefficient (Wildman–Crippen LogP) is 1.67. The van der Waals surface area contributed by atoms with Crippen molar-refractivity contribution >= 4 is 27.3 Å². The summed E-state index contributed by atoms with van der Waals surface area (Å²) in [5.74, 6) is -1.14. The van der Waals surface area contributed by atoms with Crippen molar-refractivity contribution in [3.05, 3.63) is 16.8 Å². The summed E-state index contributed by atoms with van der Waals surface area (Å²) in [5.41, 5.74) is 0. The Hall–Kier alpha value is -0.920. The average molecular weight is 277 g/mol. The molecule has 1 aromatic rings. The number of hydrogen-bond acceptors (Lipinski definition) is 4. The van der Waals surface area contributed by atoms with E-state index < -0.39 is 22.0 Å². The molecule has 0 radical (unpaired) electrons. The monoisotopic (exact) mass is 277 g/mol. The third-order valence-electron chi connectivity index (χ3n) is 2.25. The first-order valence-corrected chi connectivity index (χ1v) is 7.67. The molecule has 0 unspecified atom stereocenters. The van der Waals surface area contributed by atoms with Crippen molar-refractivity contribution in [2.45, 2.75) is 37.1 Å². The van der Waals surface area contributed by atoms with E-state index in [2.05, 4.69) is 4.72 Å². The van der Waals surface area contributed by atoms with Gasteiger partial charge in [-0.25, -0.2) is 8.42 Å². The number of carboxylic acid groups (broad SMARTS) is 1. The van der Waals surface area contributed by atoms with Crippen LogP contribution in [0.5, 0.6) is 0 Å². The minimum atomic E-state index is -3.71. The quantitative estimate of drug-likeness (QED) is 0.794. The second-order valence-electron chi connectivity index (χ2n) is 3.61. The van der Waals surface area contributed by atoms with E-state index in [1.165, 1.54) is 22.8 Å². The van der Waals surface area contributed by atoms with Crippen molar-refractivity contribution in [2.75, 3.05) is 0 Å². The van der Waals surface area contributed by atoms with Crippen LogP contribution in [0.15, 0.2) is 21.7 Å². The van der Waals surface area contributed by atoms with E-state index in [1.807, 2.05) is 6.92 Å². The van der Waals surface area contributed by atoms with Gasteiger partial charge in [-0.1, -0.05) is 19.8 Å². The largest absolute Gasteiger partial charge is 0.480 e. The molecule has 2 N–H and O–H groups in total. The Morgan fingerprint density at radius 1 is 1.59 bits per heavy atom. The maximum Gasteiger partial charge on any atom is 0.321 e. The number of hydrogen-bond donors (Lipinski definition) is 2. The normalized spacial score (nSPS) is 13.5. The van der Waals surface area contributed by atoms with Gasteiger partial charge in [0.15, 0.2) is 0 Å². The van der Waals surface area contributed by atoms with E-state index in [9.17, 15) is 13.2 Å². The van der Waals surface area contributed by atoms with Crippen molar-refractivity contribution in [1.82, 2.24) is 4.72 Å². The molecule has 7 heteroatoms. The summed E-state index contributed by atoms with van der Waals surface area (Å²) in [6, 6.07) is 0.394. The molecule has 17 heavy (non-hydrogen) atoms. The second kappa shape index (κ2) is 6.13. The molecule has 0 aliphatic carbocycles. The van der Waals surface area contributed by atoms with Crippen LogP contribution in [-0.4, -0.2) is 25.5 Å². The lowest BCUT2D eigenvalue weighted by Gasteiger charge is -2.13. The fourth-order valence-electron chi connectivity index (χ4n) is 1.30. The molecule has 0 amide bonds. The molecule has 0 saturated heterocycles. The molecular weight excluding hydrogens is 262 g/mol. The van der Waals surface area contributed by atoms with Gasteiger partial charge in [-0.3, -0.25) is 4.79 Å². The molecule has 1 aromatic heterocycles. The lowest BCUT2D eigenvalue weighted by Crippen LogP contribution is -2.40. The van der Waals surface area contributed by atoms with Gasteiger partial charge in [0, 0.05) is 5.38 Å². The van der Waals surface area contributed by atoms with E-state index in [0.717, 1.165) is 6.42 Å². The zero-order valence-electron chi connectivity index (χ0n) is 9.42. The molecule has 0 spiro atoms. The Morgan fingerprint density at radius 3 is 2.76 bits per heavy atom. The van der Waals surface area contributed by atoms with Crippen molar-refractivity contribution in [3.63, 3.8) is 0 Å². The van der Waals surface area contributed by atoms with E-state index in [4.69, 9.17) is 5.11 Å². The Balaban J connectivity index is 2.76. The molecule has 1 rings (SSSR count). The summed E-state index contributed by atoms with van der Waals surface area (Å²) >= 11 is 1.25. The van der Waals surface area contributed by atoms with Gasteiger partial charge < -0.3 is 5.11 Å². The van der Waals surface area contributed by atoms with Gasteiger partial charge in [0.1, 0.15) is 6.04 Å². The molecular formula is C10H15NO4S2. The average Bonchev–Trinajstić information content (AvgIpc) is 2.77. The molecule has 96 valence electrons. The number of thiophene rings is 1. The standard InChI is InChI=1S/C10H15NO4S2/c1-2-3-4-9(10(12)13)11-17(14,15)8-5-6-16-7-8/h5-7,9,11H,2-4H2,1H3,(H,12,13)/t9-/m0/s1. The van der Waals surface area contributed by atoms with Gasteiger partial charge in [0.25, 0.3) is 0 Å². The molecule has 1 atom stereocenters. The number of carboxylic acids is 1. The topological polar surface area (TPSA) is 83.5 Å². The first-order chi connectivity index (χ1) is 7.97. The van der Waals surface area contributed by atoms with Gasteiger partial charge in [-0.15, -0.1) is 0 Å². The van der Waals surface area contributed by atoms with Crippen molar-refractivity contribution < 1.29 is 18.3 Å². The number of carbonyl (C=O) groups is 1. The van der Waals surface area contributed by atoms with Crippen molar-refractivity contribution in [1.29, 1.82) is 0 Å². The lowest BCUT2D eigenvalue weighted by atomic mass is 10.1. The highest BCUT2D eigenvalue weighted by Gasteiger charge is 2.24. The fourth-order valence-corrected chi connectivity index (χ4v) is 3.55. The lowest BCUT2D eigenvalue weighted by molar-refractivity contribution is -0.139. The molecule has 0 fully saturated rings. The summed E-state index contributed by atoms with van der Waals surface area (Å²) in [6.45, 7) is 1.92. The Labute approximate surface area is 105 Å². The molecule has 0 bridgehead atoms. The summed E-state index contributed by atoms with van der Waals surface area (Å²) in [6.07, 6.45) is 1.79. The molecule has 0 aliphatic heterocycles. The fraction of sp³-hybridized carbons (Fsp3) is 0.500. The highest BCUT2D eigenvalue weighted by atomic mass is 32.2. The predicted molar refractivity (Wildman–Crippen MR) is 65.6 cm³/mol. The van der Waals surface area contributed by atoms with E-state index in [-0.39, 0.29) is 4.90 Å². The summed E-state index contributed by atoms with van der Waals surface area (Å²) in [4.78, 5) is 11.0. The van der Waals surface area contributed by atoms with Crippen LogP contribution < -0.4 is 4.72 Å². The van der Waals surface area contributed by atoms with Gasteiger partial charge in [0.2, 0.25) is 10.0 Å². The molecule has 0 aromatic carbocycles. The second-order valence-corrected chi connectivity index (χ2v) is 6.11. The van der Waals surface area contributed by atoms with E-state index in [1.54, 1.807) is 5.38 Å². The number of sulfonamides is 1.